The molecule has 5 heteroatoms. The van der Waals surface area contributed by atoms with E-state index in [0.717, 1.165) is 43.1 Å². The SMILES string of the molecule is Cc1n[nH]c(C)c1N1CCN(C(=O)c2ccccc2)CC1. The van der Waals surface area contributed by atoms with Crippen LogP contribution in [0.4, 0.5) is 5.69 Å². The summed E-state index contributed by atoms with van der Waals surface area (Å²) >= 11 is 0. The number of hydrogen-bond donors (Lipinski definition) is 1. The Morgan fingerprint density at radius 1 is 1.10 bits per heavy atom. The van der Waals surface area contributed by atoms with Crippen molar-refractivity contribution in [2.24, 2.45) is 0 Å². The van der Waals surface area contributed by atoms with E-state index in [0.29, 0.717) is 0 Å². The minimum Gasteiger partial charge on any atom is -0.365 e. The van der Waals surface area contributed by atoms with Crippen molar-refractivity contribution < 1.29 is 4.79 Å². The molecule has 2 heterocycles. The van der Waals surface area contributed by atoms with Crippen molar-refractivity contribution in [2.45, 2.75) is 13.8 Å². The molecule has 1 amide bonds. The first-order chi connectivity index (χ1) is 10.2. The molecule has 0 atom stereocenters. The van der Waals surface area contributed by atoms with Gasteiger partial charge in [0.2, 0.25) is 0 Å². The van der Waals surface area contributed by atoms with Crippen molar-refractivity contribution in [3.63, 3.8) is 0 Å². The molecule has 1 N–H and O–H groups in total. The molecule has 0 spiro atoms. The number of rotatable bonds is 2. The summed E-state index contributed by atoms with van der Waals surface area (Å²) < 4.78 is 0. The first-order valence-corrected chi connectivity index (χ1v) is 7.27. The van der Waals surface area contributed by atoms with Crippen LogP contribution in [0.5, 0.6) is 0 Å². The lowest BCUT2D eigenvalue weighted by atomic mass is 10.1. The number of carbonyl (C=O) groups excluding carboxylic acids is 1. The van der Waals surface area contributed by atoms with Crippen LogP contribution in [0.2, 0.25) is 0 Å². The molecule has 3 rings (SSSR count). The highest BCUT2D eigenvalue weighted by Crippen LogP contribution is 2.23. The molecule has 1 aromatic carbocycles. The second-order valence-corrected chi connectivity index (χ2v) is 5.43. The third-order valence-electron chi connectivity index (χ3n) is 3.99. The molecule has 21 heavy (non-hydrogen) atoms. The summed E-state index contributed by atoms with van der Waals surface area (Å²) in [6.07, 6.45) is 0. The van der Waals surface area contributed by atoms with E-state index < -0.39 is 0 Å². The molecule has 0 bridgehead atoms. The van der Waals surface area contributed by atoms with Crippen LogP contribution in [-0.2, 0) is 0 Å². The molecule has 2 aromatic rings. The van der Waals surface area contributed by atoms with Gasteiger partial charge in [-0.2, -0.15) is 5.10 Å². The number of H-pyrrole nitrogens is 1. The largest absolute Gasteiger partial charge is 0.365 e. The predicted molar refractivity (Wildman–Crippen MR) is 82.6 cm³/mol. The Kier molecular flexibility index (Phi) is 3.64. The average molecular weight is 284 g/mol. The molecule has 110 valence electrons. The van der Waals surface area contributed by atoms with Gasteiger partial charge < -0.3 is 9.80 Å². The minimum absolute atomic E-state index is 0.121. The molecule has 1 aromatic heterocycles. The zero-order valence-electron chi connectivity index (χ0n) is 12.5. The average Bonchev–Trinajstić information content (AvgIpc) is 2.87. The highest BCUT2D eigenvalue weighted by Gasteiger charge is 2.24. The van der Waals surface area contributed by atoms with E-state index in [9.17, 15) is 4.79 Å². The van der Waals surface area contributed by atoms with Crippen LogP contribution in [0.1, 0.15) is 21.7 Å². The van der Waals surface area contributed by atoms with E-state index in [-0.39, 0.29) is 5.91 Å². The zero-order chi connectivity index (χ0) is 14.8. The number of carbonyl (C=O) groups is 1. The second-order valence-electron chi connectivity index (χ2n) is 5.43. The Bertz CT molecular complexity index is 607. The second kappa shape index (κ2) is 5.60. The number of aryl methyl sites for hydroxylation is 2. The van der Waals surface area contributed by atoms with Gasteiger partial charge in [-0.05, 0) is 26.0 Å². The molecule has 1 aliphatic rings. The number of anilines is 1. The maximum Gasteiger partial charge on any atom is 0.253 e. The van der Waals surface area contributed by atoms with E-state index in [1.54, 1.807) is 0 Å². The number of aromatic amines is 1. The lowest BCUT2D eigenvalue weighted by Crippen LogP contribution is -2.49. The van der Waals surface area contributed by atoms with Crippen LogP contribution < -0.4 is 4.90 Å². The first-order valence-electron chi connectivity index (χ1n) is 7.27. The van der Waals surface area contributed by atoms with E-state index in [4.69, 9.17) is 0 Å². The van der Waals surface area contributed by atoms with Gasteiger partial charge in [0.1, 0.15) is 0 Å². The van der Waals surface area contributed by atoms with Crippen molar-refractivity contribution in [2.75, 3.05) is 31.1 Å². The summed E-state index contributed by atoms with van der Waals surface area (Å²) in [5.74, 6) is 0.121. The van der Waals surface area contributed by atoms with Gasteiger partial charge in [-0.3, -0.25) is 9.89 Å². The van der Waals surface area contributed by atoms with Gasteiger partial charge in [-0.25, -0.2) is 0 Å². The Morgan fingerprint density at radius 2 is 1.76 bits per heavy atom. The monoisotopic (exact) mass is 284 g/mol. The maximum absolute atomic E-state index is 12.4. The van der Waals surface area contributed by atoms with Crippen LogP contribution in [0.3, 0.4) is 0 Å². The van der Waals surface area contributed by atoms with Crippen molar-refractivity contribution in [3.8, 4) is 0 Å². The Balaban J connectivity index is 1.67. The molecule has 0 saturated carbocycles. The quantitative estimate of drug-likeness (QED) is 0.917. The van der Waals surface area contributed by atoms with Crippen molar-refractivity contribution in [3.05, 3.63) is 47.3 Å². The molecular weight excluding hydrogens is 264 g/mol. The summed E-state index contributed by atoms with van der Waals surface area (Å²) in [7, 11) is 0. The summed E-state index contributed by atoms with van der Waals surface area (Å²) in [5.41, 5.74) is 4.06. The fourth-order valence-corrected chi connectivity index (χ4v) is 2.91. The maximum atomic E-state index is 12.4. The smallest absolute Gasteiger partial charge is 0.253 e. The standard InChI is InChI=1S/C16H20N4O/c1-12-15(13(2)18-17-12)19-8-10-20(11-9-19)16(21)14-6-4-3-5-7-14/h3-7H,8-11H2,1-2H3,(H,17,18). The number of hydrogen-bond acceptors (Lipinski definition) is 3. The van der Waals surface area contributed by atoms with Crippen LogP contribution in [0.25, 0.3) is 0 Å². The van der Waals surface area contributed by atoms with E-state index in [2.05, 4.69) is 15.1 Å². The Hall–Kier alpha value is -2.30. The Morgan fingerprint density at radius 3 is 2.33 bits per heavy atom. The summed E-state index contributed by atoms with van der Waals surface area (Å²) in [6, 6.07) is 9.49. The molecular formula is C16H20N4O. The van der Waals surface area contributed by atoms with Gasteiger partial charge in [0.15, 0.2) is 0 Å². The van der Waals surface area contributed by atoms with E-state index >= 15 is 0 Å². The van der Waals surface area contributed by atoms with Gasteiger partial charge in [0, 0.05) is 31.7 Å². The number of nitrogens with zero attached hydrogens (tertiary/aromatic N) is 3. The molecule has 1 fully saturated rings. The molecule has 0 unspecified atom stereocenters. The first kappa shape index (κ1) is 13.7. The lowest BCUT2D eigenvalue weighted by molar-refractivity contribution is 0.0747. The molecule has 5 nitrogen and oxygen atoms in total. The van der Waals surface area contributed by atoms with Gasteiger partial charge >= 0.3 is 0 Å². The predicted octanol–water partition coefficient (Wildman–Crippen LogP) is 1.99. The van der Waals surface area contributed by atoms with Crippen LogP contribution in [-0.4, -0.2) is 47.2 Å². The van der Waals surface area contributed by atoms with Crippen LogP contribution in [0.15, 0.2) is 30.3 Å². The summed E-state index contributed by atoms with van der Waals surface area (Å²) in [6.45, 7) is 7.24. The number of benzene rings is 1. The zero-order valence-corrected chi connectivity index (χ0v) is 12.5. The highest BCUT2D eigenvalue weighted by atomic mass is 16.2. The fourth-order valence-electron chi connectivity index (χ4n) is 2.91. The molecule has 1 aliphatic heterocycles. The number of nitrogens with one attached hydrogen (secondary N) is 1. The van der Waals surface area contributed by atoms with Gasteiger partial charge in [-0.15, -0.1) is 0 Å². The number of aromatic nitrogens is 2. The van der Waals surface area contributed by atoms with Crippen LogP contribution in [0, 0.1) is 13.8 Å². The summed E-state index contributed by atoms with van der Waals surface area (Å²) in [4.78, 5) is 16.7. The Labute approximate surface area is 124 Å². The normalized spacial score (nSPS) is 15.3. The third kappa shape index (κ3) is 2.63. The highest BCUT2D eigenvalue weighted by molar-refractivity contribution is 5.94. The third-order valence-corrected chi connectivity index (χ3v) is 3.99. The topological polar surface area (TPSA) is 52.2 Å². The summed E-state index contributed by atoms with van der Waals surface area (Å²) in [5, 5.41) is 7.27. The van der Waals surface area contributed by atoms with Crippen molar-refractivity contribution in [1.29, 1.82) is 0 Å². The number of amides is 1. The van der Waals surface area contributed by atoms with E-state index in [1.807, 2.05) is 49.1 Å². The van der Waals surface area contributed by atoms with Crippen molar-refractivity contribution >= 4 is 11.6 Å². The molecule has 0 aliphatic carbocycles. The van der Waals surface area contributed by atoms with Crippen LogP contribution >= 0.6 is 0 Å². The molecule has 0 radical (unpaired) electrons. The number of piperazine rings is 1. The van der Waals surface area contributed by atoms with Crippen molar-refractivity contribution in [1.82, 2.24) is 15.1 Å². The van der Waals surface area contributed by atoms with Gasteiger partial charge in [0.25, 0.3) is 5.91 Å². The van der Waals surface area contributed by atoms with Gasteiger partial charge in [-0.1, -0.05) is 18.2 Å². The molecule has 1 saturated heterocycles. The lowest BCUT2D eigenvalue weighted by Gasteiger charge is -2.36. The van der Waals surface area contributed by atoms with E-state index in [1.165, 1.54) is 5.69 Å². The fraction of sp³-hybridized carbons (Fsp3) is 0.375. The minimum atomic E-state index is 0.121. The van der Waals surface area contributed by atoms with Gasteiger partial charge in [0.05, 0.1) is 17.1 Å².